The van der Waals surface area contributed by atoms with Crippen LogP contribution in [0.5, 0.6) is 0 Å². The van der Waals surface area contributed by atoms with Crippen LogP contribution >= 0.6 is 11.8 Å². The molecular formula is C13H15NO2S. The van der Waals surface area contributed by atoms with Crippen LogP contribution in [0.3, 0.4) is 0 Å². The molecule has 1 aliphatic rings. The van der Waals surface area contributed by atoms with Crippen molar-refractivity contribution in [2.75, 3.05) is 29.5 Å². The minimum Gasteiger partial charge on any atom is -0.478 e. The Labute approximate surface area is 105 Å². The van der Waals surface area contributed by atoms with E-state index in [0.717, 1.165) is 24.7 Å². The molecule has 3 nitrogen and oxygen atoms in total. The predicted octanol–water partition coefficient (Wildman–Crippen LogP) is 2.34. The first kappa shape index (κ1) is 12.0. The molecule has 0 aliphatic carbocycles. The second kappa shape index (κ2) is 5.77. The highest BCUT2D eigenvalue weighted by molar-refractivity contribution is 7.99. The molecule has 0 amide bonds. The third-order valence-corrected chi connectivity index (χ3v) is 3.63. The van der Waals surface area contributed by atoms with Gasteiger partial charge in [-0.2, -0.15) is 11.8 Å². The minimum absolute atomic E-state index is 0.915. The van der Waals surface area contributed by atoms with Crippen molar-refractivity contribution < 1.29 is 9.90 Å². The molecule has 1 heterocycles. The number of carboxylic acid groups (broad SMARTS) is 1. The zero-order valence-corrected chi connectivity index (χ0v) is 10.3. The van der Waals surface area contributed by atoms with Crippen LogP contribution in [0.2, 0.25) is 0 Å². The molecule has 0 radical (unpaired) electrons. The van der Waals surface area contributed by atoms with Gasteiger partial charge in [0.15, 0.2) is 0 Å². The number of anilines is 1. The summed E-state index contributed by atoms with van der Waals surface area (Å²) in [7, 11) is 0. The quantitative estimate of drug-likeness (QED) is 0.835. The van der Waals surface area contributed by atoms with Gasteiger partial charge < -0.3 is 10.0 Å². The first-order valence-electron chi connectivity index (χ1n) is 5.59. The first-order chi connectivity index (χ1) is 8.25. The molecule has 4 heteroatoms. The Morgan fingerprint density at radius 2 is 1.88 bits per heavy atom. The van der Waals surface area contributed by atoms with Crippen LogP contribution in [-0.4, -0.2) is 35.7 Å². The third-order valence-electron chi connectivity index (χ3n) is 2.69. The highest BCUT2D eigenvalue weighted by atomic mass is 32.2. The van der Waals surface area contributed by atoms with Gasteiger partial charge in [0.1, 0.15) is 0 Å². The summed E-state index contributed by atoms with van der Waals surface area (Å²) >= 11 is 1.99. The smallest absolute Gasteiger partial charge is 0.328 e. The number of thioether (sulfide) groups is 1. The van der Waals surface area contributed by atoms with Gasteiger partial charge in [-0.25, -0.2) is 4.79 Å². The fourth-order valence-electron chi connectivity index (χ4n) is 1.79. The third kappa shape index (κ3) is 3.53. The summed E-state index contributed by atoms with van der Waals surface area (Å²) in [5, 5.41) is 8.54. The van der Waals surface area contributed by atoms with Crippen molar-refractivity contribution in [3.8, 4) is 0 Å². The van der Waals surface area contributed by atoms with Crippen LogP contribution in [0.4, 0.5) is 5.69 Å². The standard InChI is InChI=1S/C13H15NO2S/c15-13(16)6-3-11-1-4-12(5-2-11)14-7-9-17-10-8-14/h1-6H,7-10H2,(H,15,16)/b6-3+. The Hall–Kier alpha value is -1.42. The highest BCUT2D eigenvalue weighted by Crippen LogP contribution is 2.20. The SMILES string of the molecule is O=C(O)/C=C/c1ccc(N2CCSCC2)cc1. The maximum absolute atomic E-state index is 10.4. The number of aliphatic carboxylic acids is 1. The Bertz CT molecular complexity index is 408. The molecule has 1 N–H and O–H groups in total. The molecule has 0 atom stereocenters. The second-order valence-corrected chi connectivity index (χ2v) is 5.09. The maximum atomic E-state index is 10.4. The van der Waals surface area contributed by atoms with Crippen molar-refractivity contribution in [2.24, 2.45) is 0 Å². The molecule has 0 unspecified atom stereocenters. The van der Waals surface area contributed by atoms with Gasteiger partial charge in [0.25, 0.3) is 0 Å². The van der Waals surface area contributed by atoms with Gasteiger partial charge in [-0.1, -0.05) is 12.1 Å². The Morgan fingerprint density at radius 1 is 1.24 bits per heavy atom. The summed E-state index contributed by atoms with van der Waals surface area (Å²) in [5.41, 5.74) is 2.14. The van der Waals surface area contributed by atoms with E-state index in [0.29, 0.717) is 0 Å². The van der Waals surface area contributed by atoms with E-state index >= 15 is 0 Å². The van der Waals surface area contributed by atoms with E-state index < -0.39 is 5.97 Å². The molecular weight excluding hydrogens is 234 g/mol. The summed E-state index contributed by atoms with van der Waals surface area (Å²) in [4.78, 5) is 12.8. The lowest BCUT2D eigenvalue weighted by Crippen LogP contribution is -2.32. The molecule has 90 valence electrons. The van der Waals surface area contributed by atoms with Crippen molar-refractivity contribution in [1.82, 2.24) is 0 Å². The largest absolute Gasteiger partial charge is 0.478 e. The van der Waals surface area contributed by atoms with Gasteiger partial charge in [0.05, 0.1) is 0 Å². The normalized spacial score (nSPS) is 16.4. The summed E-state index contributed by atoms with van der Waals surface area (Å²) in [6.07, 6.45) is 2.77. The first-order valence-corrected chi connectivity index (χ1v) is 6.75. The average Bonchev–Trinajstić information content (AvgIpc) is 2.38. The number of benzene rings is 1. The van der Waals surface area contributed by atoms with Gasteiger partial charge in [-0.05, 0) is 23.8 Å². The van der Waals surface area contributed by atoms with Crippen LogP contribution in [0.25, 0.3) is 6.08 Å². The molecule has 1 aliphatic heterocycles. The lowest BCUT2D eigenvalue weighted by molar-refractivity contribution is -0.131. The number of hydrogen-bond donors (Lipinski definition) is 1. The molecule has 1 aromatic carbocycles. The molecule has 0 spiro atoms. The summed E-state index contributed by atoms with van der Waals surface area (Å²) in [6, 6.07) is 8.02. The lowest BCUT2D eigenvalue weighted by atomic mass is 10.2. The molecule has 2 rings (SSSR count). The van der Waals surface area contributed by atoms with Gasteiger partial charge in [0.2, 0.25) is 0 Å². The van der Waals surface area contributed by atoms with E-state index in [9.17, 15) is 4.79 Å². The van der Waals surface area contributed by atoms with Crippen molar-refractivity contribution in [2.45, 2.75) is 0 Å². The Morgan fingerprint density at radius 3 is 2.47 bits per heavy atom. The zero-order chi connectivity index (χ0) is 12.1. The molecule has 1 fully saturated rings. The molecule has 0 aromatic heterocycles. The maximum Gasteiger partial charge on any atom is 0.328 e. The zero-order valence-electron chi connectivity index (χ0n) is 9.50. The number of nitrogens with zero attached hydrogens (tertiary/aromatic N) is 1. The van der Waals surface area contributed by atoms with Crippen molar-refractivity contribution >= 4 is 29.5 Å². The van der Waals surface area contributed by atoms with Gasteiger partial charge in [-0.15, -0.1) is 0 Å². The van der Waals surface area contributed by atoms with E-state index in [4.69, 9.17) is 5.11 Å². The summed E-state index contributed by atoms with van der Waals surface area (Å²) in [6.45, 7) is 2.18. The number of hydrogen-bond acceptors (Lipinski definition) is 3. The van der Waals surface area contributed by atoms with Crippen LogP contribution in [0.15, 0.2) is 30.3 Å². The number of carbonyl (C=O) groups is 1. The average molecular weight is 249 g/mol. The van der Waals surface area contributed by atoms with Crippen molar-refractivity contribution in [3.05, 3.63) is 35.9 Å². The van der Waals surface area contributed by atoms with Crippen LogP contribution in [-0.2, 0) is 4.79 Å². The molecule has 0 bridgehead atoms. The topological polar surface area (TPSA) is 40.5 Å². The number of carboxylic acids is 1. The van der Waals surface area contributed by atoms with E-state index in [-0.39, 0.29) is 0 Å². The van der Waals surface area contributed by atoms with Gasteiger partial charge in [-0.3, -0.25) is 0 Å². The van der Waals surface area contributed by atoms with Gasteiger partial charge >= 0.3 is 5.97 Å². The molecule has 17 heavy (non-hydrogen) atoms. The van der Waals surface area contributed by atoms with Crippen LogP contribution < -0.4 is 4.90 Å². The molecule has 0 saturated carbocycles. The summed E-state index contributed by atoms with van der Waals surface area (Å²) < 4.78 is 0. The molecule has 1 aromatic rings. The fourth-order valence-corrected chi connectivity index (χ4v) is 2.69. The van der Waals surface area contributed by atoms with E-state index in [2.05, 4.69) is 17.0 Å². The second-order valence-electron chi connectivity index (χ2n) is 3.86. The van der Waals surface area contributed by atoms with Crippen molar-refractivity contribution in [3.63, 3.8) is 0 Å². The lowest BCUT2D eigenvalue weighted by Gasteiger charge is -2.28. The molecule has 1 saturated heterocycles. The Kier molecular flexibility index (Phi) is 4.09. The van der Waals surface area contributed by atoms with Crippen LogP contribution in [0, 0.1) is 0 Å². The fraction of sp³-hybridized carbons (Fsp3) is 0.308. The summed E-state index contributed by atoms with van der Waals surface area (Å²) in [5.74, 6) is 1.45. The van der Waals surface area contributed by atoms with E-state index in [1.54, 1.807) is 6.08 Å². The van der Waals surface area contributed by atoms with Gasteiger partial charge in [0, 0.05) is 36.4 Å². The highest BCUT2D eigenvalue weighted by Gasteiger charge is 2.10. The Balaban J connectivity index is 2.04. The van der Waals surface area contributed by atoms with E-state index in [1.165, 1.54) is 17.2 Å². The monoisotopic (exact) mass is 249 g/mol. The van der Waals surface area contributed by atoms with Crippen LogP contribution in [0.1, 0.15) is 5.56 Å². The van der Waals surface area contributed by atoms with E-state index in [1.807, 2.05) is 23.9 Å². The van der Waals surface area contributed by atoms with Crippen molar-refractivity contribution in [1.29, 1.82) is 0 Å². The number of rotatable bonds is 3. The minimum atomic E-state index is -0.915. The predicted molar refractivity (Wildman–Crippen MR) is 72.6 cm³/mol.